The summed E-state index contributed by atoms with van der Waals surface area (Å²) in [4.78, 5) is 0. The molecule has 1 nitrogen and oxygen atoms in total. The van der Waals surface area contributed by atoms with Gasteiger partial charge in [-0.3, -0.25) is 0 Å². The lowest BCUT2D eigenvalue weighted by Crippen LogP contribution is -2.31. The second-order valence-corrected chi connectivity index (χ2v) is 6.50. The van der Waals surface area contributed by atoms with Crippen molar-refractivity contribution in [2.75, 3.05) is 0 Å². The van der Waals surface area contributed by atoms with Crippen LogP contribution >= 0.6 is 0 Å². The SMILES string of the molecule is Cc1ccc(-c2c(C)ccc3c2-c2ccccc2C3(F)F)[n+](C)c1. The number of hydrogen-bond donors (Lipinski definition) is 0. The third-order valence-corrected chi connectivity index (χ3v) is 4.82. The monoisotopic (exact) mass is 322 g/mol. The van der Waals surface area contributed by atoms with Crippen LogP contribution in [-0.2, 0) is 13.0 Å². The van der Waals surface area contributed by atoms with Gasteiger partial charge in [0.25, 0.3) is 5.92 Å². The Kier molecular flexibility index (Phi) is 3.11. The molecule has 24 heavy (non-hydrogen) atoms. The van der Waals surface area contributed by atoms with Crippen molar-refractivity contribution in [2.24, 2.45) is 7.05 Å². The summed E-state index contributed by atoms with van der Waals surface area (Å²) in [5.74, 6) is -2.95. The first-order valence-corrected chi connectivity index (χ1v) is 7.99. The first-order valence-electron chi connectivity index (χ1n) is 7.99. The molecule has 0 fully saturated rings. The molecule has 0 unspecified atom stereocenters. The Labute approximate surface area is 140 Å². The molecule has 0 saturated heterocycles. The van der Waals surface area contributed by atoms with Crippen molar-refractivity contribution >= 4 is 0 Å². The lowest BCUT2D eigenvalue weighted by Gasteiger charge is -2.14. The summed E-state index contributed by atoms with van der Waals surface area (Å²) in [6.07, 6.45) is 2.02. The molecule has 1 aliphatic rings. The first kappa shape index (κ1) is 15.0. The van der Waals surface area contributed by atoms with Gasteiger partial charge in [-0.2, -0.15) is 8.78 Å². The molecule has 0 spiro atoms. The van der Waals surface area contributed by atoms with Crippen molar-refractivity contribution in [1.29, 1.82) is 0 Å². The molecule has 0 atom stereocenters. The molecular weight excluding hydrogens is 304 g/mol. The molecule has 1 heterocycles. The first-order chi connectivity index (χ1) is 11.4. The molecule has 0 amide bonds. The van der Waals surface area contributed by atoms with Crippen molar-refractivity contribution < 1.29 is 13.3 Å². The molecule has 4 rings (SSSR count). The van der Waals surface area contributed by atoms with E-state index in [9.17, 15) is 8.78 Å². The van der Waals surface area contributed by atoms with Crippen LogP contribution in [0.4, 0.5) is 8.78 Å². The molecule has 0 N–H and O–H groups in total. The van der Waals surface area contributed by atoms with Crippen LogP contribution in [0.5, 0.6) is 0 Å². The zero-order valence-electron chi connectivity index (χ0n) is 13.9. The van der Waals surface area contributed by atoms with Crippen molar-refractivity contribution in [1.82, 2.24) is 0 Å². The van der Waals surface area contributed by atoms with Gasteiger partial charge in [0.05, 0.1) is 5.56 Å². The fraction of sp³-hybridized carbons (Fsp3) is 0.190. The number of pyridine rings is 1. The summed E-state index contributed by atoms with van der Waals surface area (Å²) in [5, 5.41) is 0. The number of aryl methyl sites for hydroxylation is 3. The van der Waals surface area contributed by atoms with Crippen molar-refractivity contribution in [2.45, 2.75) is 19.8 Å². The number of nitrogens with zero attached hydrogens (tertiary/aromatic N) is 1. The highest BCUT2D eigenvalue weighted by Gasteiger charge is 2.46. The predicted molar refractivity (Wildman–Crippen MR) is 91.0 cm³/mol. The lowest BCUT2D eigenvalue weighted by atomic mass is 9.92. The van der Waals surface area contributed by atoms with E-state index >= 15 is 0 Å². The molecular formula is C21H18F2N+. The van der Waals surface area contributed by atoms with E-state index in [1.807, 2.05) is 49.9 Å². The van der Waals surface area contributed by atoms with E-state index in [2.05, 4.69) is 0 Å². The third-order valence-electron chi connectivity index (χ3n) is 4.82. The Morgan fingerprint density at radius 2 is 1.58 bits per heavy atom. The minimum Gasteiger partial charge on any atom is -0.201 e. The Morgan fingerprint density at radius 1 is 0.833 bits per heavy atom. The number of rotatable bonds is 1. The van der Waals surface area contributed by atoms with Gasteiger partial charge in [0.15, 0.2) is 6.20 Å². The fourth-order valence-corrected chi connectivity index (χ4v) is 3.70. The van der Waals surface area contributed by atoms with Crippen molar-refractivity contribution in [3.8, 4) is 22.4 Å². The largest absolute Gasteiger partial charge is 0.299 e. The number of halogens is 2. The molecule has 1 aliphatic carbocycles. The summed E-state index contributed by atoms with van der Waals surface area (Å²) in [7, 11) is 1.96. The Balaban J connectivity index is 2.12. The van der Waals surface area contributed by atoms with Gasteiger partial charge in [-0.25, -0.2) is 4.57 Å². The topological polar surface area (TPSA) is 3.88 Å². The highest BCUT2D eigenvalue weighted by atomic mass is 19.3. The van der Waals surface area contributed by atoms with Gasteiger partial charge >= 0.3 is 0 Å². The number of benzene rings is 2. The molecule has 0 aliphatic heterocycles. The number of alkyl halides is 2. The van der Waals surface area contributed by atoms with E-state index in [1.54, 1.807) is 24.3 Å². The molecule has 0 radical (unpaired) electrons. The second-order valence-electron chi connectivity index (χ2n) is 6.50. The zero-order valence-corrected chi connectivity index (χ0v) is 13.9. The van der Waals surface area contributed by atoms with Gasteiger partial charge in [-0.15, -0.1) is 0 Å². The van der Waals surface area contributed by atoms with E-state index in [0.717, 1.165) is 22.4 Å². The number of aromatic nitrogens is 1. The molecule has 2 aromatic carbocycles. The van der Waals surface area contributed by atoms with E-state index in [4.69, 9.17) is 0 Å². The van der Waals surface area contributed by atoms with Gasteiger partial charge in [0.1, 0.15) is 7.05 Å². The average molecular weight is 322 g/mol. The summed E-state index contributed by atoms with van der Waals surface area (Å²) in [6, 6.07) is 14.2. The number of fused-ring (bicyclic) bond motifs is 3. The van der Waals surface area contributed by atoms with Gasteiger partial charge in [0.2, 0.25) is 5.69 Å². The normalized spacial score (nSPS) is 14.4. The predicted octanol–water partition coefficient (Wildman–Crippen LogP) is 4.92. The van der Waals surface area contributed by atoms with Gasteiger partial charge in [-0.1, -0.05) is 36.4 Å². The summed E-state index contributed by atoms with van der Waals surface area (Å²) in [6.45, 7) is 4.00. The van der Waals surface area contributed by atoms with E-state index in [1.165, 1.54) is 6.07 Å². The average Bonchev–Trinajstić information content (AvgIpc) is 2.77. The Hall–Kier alpha value is -2.55. The quantitative estimate of drug-likeness (QED) is 0.560. The standard InChI is InChI=1S/C21H18F2N/c1-13-8-11-18(24(3)12-13)19-14(2)9-10-17-20(19)15-6-4-5-7-16(15)21(17,22)23/h4-12H,1-3H3/q+1. The highest BCUT2D eigenvalue weighted by Crippen LogP contribution is 2.54. The second kappa shape index (κ2) is 4.97. The zero-order chi connectivity index (χ0) is 17.1. The lowest BCUT2D eigenvalue weighted by molar-refractivity contribution is -0.660. The van der Waals surface area contributed by atoms with Crippen LogP contribution in [0.25, 0.3) is 22.4 Å². The molecule has 1 aromatic heterocycles. The van der Waals surface area contributed by atoms with Gasteiger partial charge < -0.3 is 0 Å². The number of hydrogen-bond acceptors (Lipinski definition) is 0. The summed E-state index contributed by atoms with van der Waals surface area (Å²) in [5.41, 5.74) is 5.47. The molecule has 3 heteroatoms. The minimum atomic E-state index is -2.95. The van der Waals surface area contributed by atoms with Crippen molar-refractivity contribution in [3.05, 3.63) is 77.0 Å². The Morgan fingerprint density at radius 3 is 2.33 bits per heavy atom. The van der Waals surface area contributed by atoms with E-state index < -0.39 is 5.92 Å². The highest BCUT2D eigenvalue weighted by molar-refractivity contribution is 5.91. The van der Waals surface area contributed by atoms with E-state index in [0.29, 0.717) is 11.1 Å². The van der Waals surface area contributed by atoms with Crippen LogP contribution in [-0.4, -0.2) is 0 Å². The third kappa shape index (κ3) is 1.94. The van der Waals surface area contributed by atoms with Gasteiger partial charge in [-0.05, 0) is 31.0 Å². The molecule has 0 bridgehead atoms. The van der Waals surface area contributed by atoms with Gasteiger partial charge in [0, 0.05) is 28.3 Å². The molecule has 3 aromatic rings. The van der Waals surface area contributed by atoms with Crippen LogP contribution in [0.1, 0.15) is 22.3 Å². The summed E-state index contributed by atoms with van der Waals surface area (Å²) < 4.78 is 31.8. The van der Waals surface area contributed by atoms with Crippen LogP contribution in [0.3, 0.4) is 0 Å². The minimum absolute atomic E-state index is 0.0987. The summed E-state index contributed by atoms with van der Waals surface area (Å²) >= 11 is 0. The van der Waals surface area contributed by atoms with Crippen LogP contribution in [0.2, 0.25) is 0 Å². The fourth-order valence-electron chi connectivity index (χ4n) is 3.70. The van der Waals surface area contributed by atoms with Crippen LogP contribution in [0, 0.1) is 13.8 Å². The maximum Gasteiger partial charge on any atom is 0.299 e. The smallest absolute Gasteiger partial charge is 0.201 e. The molecule has 120 valence electrons. The maximum atomic E-state index is 14.9. The van der Waals surface area contributed by atoms with Crippen molar-refractivity contribution in [3.63, 3.8) is 0 Å². The van der Waals surface area contributed by atoms with Crippen LogP contribution in [0.15, 0.2) is 54.7 Å². The maximum absolute atomic E-state index is 14.9. The molecule has 0 saturated carbocycles. The Bertz CT molecular complexity index is 974. The van der Waals surface area contributed by atoms with Crippen LogP contribution < -0.4 is 4.57 Å². The van der Waals surface area contributed by atoms with E-state index in [-0.39, 0.29) is 11.1 Å².